The van der Waals surface area contributed by atoms with Crippen molar-refractivity contribution in [2.45, 2.75) is 6.92 Å². The summed E-state index contributed by atoms with van der Waals surface area (Å²) in [4.78, 5) is 10.5. The van der Waals surface area contributed by atoms with Gasteiger partial charge < -0.3 is 9.46 Å². The third kappa shape index (κ3) is 3.50. The van der Waals surface area contributed by atoms with Crippen LogP contribution in [0.25, 0.3) is 0 Å². The van der Waals surface area contributed by atoms with Crippen LogP contribution in [0.3, 0.4) is 0 Å². The molecule has 0 spiro atoms. The van der Waals surface area contributed by atoms with Gasteiger partial charge in [-0.1, -0.05) is 18.3 Å². The number of hydrogen-bond donors (Lipinski definition) is 1. The van der Waals surface area contributed by atoms with Crippen LogP contribution in [0.15, 0.2) is 0 Å². The Morgan fingerprint density at radius 3 is 2.50 bits per heavy atom. The Morgan fingerprint density at radius 2 is 2.38 bits per heavy atom. The lowest BCUT2D eigenvalue weighted by atomic mass is 10.8. The van der Waals surface area contributed by atoms with E-state index in [2.05, 4.69) is 5.09 Å². The predicted molar refractivity (Wildman–Crippen MR) is 34.8 cm³/mol. The SMILES string of the molecule is CCNP(=O)([O-])SC. The fourth-order valence-electron chi connectivity index (χ4n) is 0.258. The van der Waals surface area contributed by atoms with E-state index in [1.54, 1.807) is 6.92 Å². The fraction of sp³-hybridized carbons (Fsp3) is 1.00. The Morgan fingerprint density at radius 1 is 1.88 bits per heavy atom. The second-order valence-electron chi connectivity index (χ2n) is 1.19. The largest absolute Gasteiger partial charge is 0.780 e. The molecule has 0 radical (unpaired) electrons. The van der Waals surface area contributed by atoms with E-state index < -0.39 is 6.72 Å². The highest BCUT2D eigenvalue weighted by Gasteiger charge is 1.98. The first-order valence-corrected chi connectivity index (χ1v) is 5.69. The lowest BCUT2D eigenvalue weighted by molar-refractivity contribution is -0.170. The minimum Gasteiger partial charge on any atom is -0.780 e. The van der Waals surface area contributed by atoms with Gasteiger partial charge in [-0.3, -0.25) is 5.09 Å². The Labute approximate surface area is 53.1 Å². The van der Waals surface area contributed by atoms with Crippen LogP contribution in [0.1, 0.15) is 6.92 Å². The van der Waals surface area contributed by atoms with Crippen molar-refractivity contribution >= 4 is 18.1 Å². The summed E-state index contributed by atoms with van der Waals surface area (Å²) < 4.78 is 10.5. The molecule has 8 heavy (non-hydrogen) atoms. The van der Waals surface area contributed by atoms with Gasteiger partial charge in [0.2, 0.25) is 0 Å². The number of hydrogen-bond acceptors (Lipinski definition) is 3. The van der Waals surface area contributed by atoms with Crippen LogP contribution in [-0.4, -0.2) is 12.8 Å². The minimum atomic E-state index is -3.26. The highest BCUT2D eigenvalue weighted by atomic mass is 32.7. The van der Waals surface area contributed by atoms with Crippen molar-refractivity contribution in [3.05, 3.63) is 0 Å². The average molecular weight is 154 g/mol. The summed E-state index contributed by atoms with van der Waals surface area (Å²) in [5, 5.41) is 2.33. The van der Waals surface area contributed by atoms with Crippen molar-refractivity contribution in [2.75, 3.05) is 12.8 Å². The van der Waals surface area contributed by atoms with E-state index in [4.69, 9.17) is 0 Å². The normalized spacial score (nSPS) is 17.9. The van der Waals surface area contributed by atoms with Crippen molar-refractivity contribution in [2.24, 2.45) is 0 Å². The minimum absolute atomic E-state index is 0.474. The second-order valence-corrected chi connectivity index (χ2v) is 5.41. The van der Waals surface area contributed by atoms with E-state index in [9.17, 15) is 9.46 Å². The van der Waals surface area contributed by atoms with Crippen molar-refractivity contribution in [1.29, 1.82) is 0 Å². The maximum Gasteiger partial charge on any atom is 0.132 e. The molecule has 1 atom stereocenters. The van der Waals surface area contributed by atoms with Crippen LogP contribution < -0.4 is 9.98 Å². The molecule has 0 aromatic rings. The van der Waals surface area contributed by atoms with Gasteiger partial charge in [0.25, 0.3) is 0 Å². The predicted octanol–water partition coefficient (Wildman–Crippen LogP) is 0.427. The molecule has 5 heteroatoms. The molecule has 0 aliphatic carbocycles. The van der Waals surface area contributed by atoms with Crippen molar-refractivity contribution in [1.82, 2.24) is 5.09 Å². The molecule has 0 rings (SSSR count). The van der Waals surface area contributed by atoms with E-state index in [1.165, 1.54) is 6.26 Å². The molecule has 0 amide bonds. The average Bonchev–Trinajstić information content (AvgIpc) is 1.67. The quantitative estimate of drug-likeness (QED) is 0.599. The highest BCUT2D eigenvalue weighted by molar-refractivity contribution is 8.54. The van der Waals surface area contributed by atoms with E-state index >= 15 is 0 Å². The molecule has 50 valence electrons. The van der Waals surface area contributed by atoms with Crippen molar-refractivity contribution < 1.29 is 9.46 Å². The fourth-order valence-corrected chi connectivity index (χ4v) is 1.55. The van der Waals surface area contributed by atoms with E-state index in [0.29, 0.717) is 6.54 Å². The third-order valence-corrected chi connectivity index (χ3v) is 3.61. The smallest absolute Gasteiger partial charge is 0.132 e. The summed E-state index contributed by atoms with van der Waals surface area (Å²) in [6.07, 6.45) is 1.54. The zero-order valence-corrected chi connectivity index (χ0v) is 6.59. The van der Waals surface area contributed by atoms with Gasteiger partial charge in [0.15, 0.2) is 0 Å². The van der Waals surface area contributed by atoms with Gasteiger partial charge in [0.05, 0.1) is 0 Å². The molecule has 1 N–H and O–H groups in total. The van der Waals surface area contributed by atoms with E-state index in [-0.39, 0.29) is 0 Å². The first kappa shape index (κ1) is 8.50. The van der Waals surface area contributed by atoms with Crippen LogP contribution in [0.4, 0.5) is 0 Å². The van der Waals surface area contributed by atoms with Gasteiger partial charge >= 0.3 is 0 Å². The van der Waals surface area contributed by atoms with Gasteiger partial charge in [0, 0.05) is 0 Å². The molecule has 3 nitrogen and oxygen atoms in total. The third-order valence-electron chi connectivity index (χ3n) is 0.592. The molecule has 0 aromatic heterocycles. The Bertz CT molecular complexity index is 107. The second kappa shape index (κ2) is 3.51. The lowest BCUT2D eigenvalue weighted by Gasteiger charge is -2.19. The highest BCUT2D eigenvalue weighted by Crippen LogP contribution is 2.43. The van der Waals surface area contributed by atoms with Gasteiger partial charge in [-0.2, -0.15) is 0 Å². The molecular formula is C3H9NO2PS-. The standard InChI is InChI=1S/C3H10NO2PS/c1-3-4-7(5,6)8-2/h3H2,1-2H3,(H2,4,5,6)/p-1. The molecule has 0 aliphatic rings. The molecular weight excluding hydrogens is 145 g/mol. The van der Waals surface area contributed by atoms with Gasteiger partial charge in [-0.05, 0) is 12.8 Å². The lowest BCUT2D eigenvalue weighted by Crippen LogP contribution is -2.15. The summed E-state index contributed by atoms with van der Waals surface area (Å²) in [6.45, 7) is -1.03. The zero-order chi connectivity index (χ0) is 6.62. The molecule has 0 saturated heterocycles. The monoisotopic (exact) mass is 154 g/mol. The molecule has 0 saturated carbocycles. The van der Waals surface area contributed by atoms with Crippen molar-refractivity contribution in [3.8, 4) is 0 Å². The van der Waals surface area contributed by atoms with Crippen LogP contribution >= 0.6 is 18.1 Å². The van der Waals surface area contributed by atoms with Crippen molar-refractivity contribution in [3.63, 3.8) is 0 Å². The summed E-state index contributed by atoms with van der Waals surface area (Å²) >= 11 is 0.841. The van der Waals surface area contributed by atoms with E-state index in [0.717, 1.165) is 11.4 Å². The maximum absolute atomic E-state index is 10.5. The van der Waals surface area contributed by atoms with Crippen LogP contribution in [0.5, 0.6) is 0 Å². The van der Waals surface area contributed by atoms with E-state index in [1.807, 2.05) is 0 Å². The van der Waals surface area contributed by atoms with Gasteiger partial charge in [-0.25, -0.2) is 0 Å². The Hall–Kier alpha value is 0.500. The summed E-state index contributed by atoms with van der Waals surface area (Å²) in [7, 11) is 0. The Balaban J connectivity index is 3.55. The summed E-state index contributed by atoms with van der Waals surface area (Å²) in [5.74, 6) is 0. The maximum atomic E-state index is 10.5. The first-order valence-electron chi connectivity index (χ1n) is 2.24. The van der Waals surface area contributed by atoms with Crippen LogP contribution in [-0.2, 0) is 4.57 Å². The molecule has 1 unspecified atom stereocenters. The summed E-state index contributed by atoms with van der Waals surface area (Å²) in [6, 6.07) is 0. The molecule has 0 aliphatic heterocycles. The molecule has 0 aromatic carbocycles. The van der Waals surface area contributed by atoms with Gasteiger partial charge in [-0.15, -0.1) is 0 Å². The van der Waals surface area contributed by atoms with Crippen LogP contribution in [0, 0.1) is 0 Å². The molecule has 0 fully saturated rings. The molecule has 0 bridgehead atoms. The zero-order valence-electron chi connectivity index (χ0n) is 4.88. The summed E-state index contributed by atoms with van der Waals surface area (Å²) in [5.41, 5.74) is 0. The topological polar surface area (TPSA) is 52.2 Å². The first-order chi connectivity index (χ1) is 3.62. The molecule has 0 heterocycles. The number of nitrogens with one attached hydrogen (secondary N) is 1. The Kier molecular flexibility index (Phi) is 3.73. The van der Waals surface area contributed by atoms with Gasteiger partial charge in [0.1, 0.15) is 6.72 Å². The number of rotatable bonds is 3. The van der Waals surface area contributed by atoms with Crippen LogP contribution in [0.2, 0.25) is 0 Å².